The summed E-state index contributed by atoms with van der Waals surface area (Å²) in [6.07, 6.45) is -22.6. The zero-order valence-corrected chi connectivity index (χ0v) is 23.3. The van der Waals surface area contributed by atoms with Gasteiger partial charge in [-0.3, -0.25) is 0 Å². The topological polar surface area (TPSA) is 3.24 Å². The number of hydrogen-bond donors (Lipinski definition) is 0. The second kappa shape index (κ2) is 13.0. The summed E-state index contributed by atoms with van der Waals surface area (Å²) in [7, 11) is 0. The molecule has 1 nitrogen and oxygen atoms in total. The Morgan fingerprint density at radius 2 is 0.451 bits per heavy atom. The second-order valence-electron chi connectivity index (χ2n) is 10.1. The highest BCUT2D eigenvalue weighted by molar-refractivity contribution is 5.14. The largest absolute Gasteiger partial charge is 0.460 e. The summed E-state index contributed by atoms with van der Waals surface area (Å²) in [6.45, 7) is -5.87. The van der Waals surface area contributed by atoms with E-state index in [9.17, 15) is 132 Å². The van der Waals surface area contributed by atoms with E-state index in [-0.39, 0.29) is 0 Å². The first-order chi connectivity index (χ1) is 21.6. The first kappa shape index (κ1) is 48.9. The Morgan fingerprint density at radius 1 is 0.275 bits per heavy atom. The fourth-order valence-corrected chi connectivity index (χ4v) is 3.34. The summed E-state index contributed by atoms with van der Waals surface area (Å²) in [6, 6.07) is 0. The van der Waals surface area contributed by atoms with E-state index in [4.69, 9.17) is 0 Å². The molecule has 31 heteroatoms. The summed E-state index contributed by atoms with van der Waals surface area (Å²) in [5.41, 5.74) is 0. The van der Waals surface area contributed by atoms with Crippen molar-refractivity contribution in [2.45, 2.75) is 103 Å². The van der Waals surface area contributed by atoms with E-state index in [2.05, 4.69) is 0 Å². The first-order valence-corrected chi connectivity index (χ1v) is 12.0. The van der Waals surface area contributed by atoms with Crippen molar-refractivity contribution in [1.29, 1.82) is 0 Å². The van der Waals surface area contributed by atoms with E-state index < -0.39 is 121 Å². The summed E-state index contributed by atoms with van der Waals surface area (Å²) in [5, 5.41) is 0. The molecule has 0 spiro atoms. The highest BCUT2D eigenvalue weighted by Crippen LogP contribution is 2.64. The molecule has 0 unspecified atom stereocenters. The van der Waals surface area contributed by atoms with Gasteiger partial charge in [0.2, 0.25) is 0 Å². The number of hydrogen-bond acceptors (Lipinski definition) is 1. The summed E-state index contributed by atoms with van der Waals surface area (Å²) >= 11 is 0. The molecule has 0 aromatic carbocycles. The van der Waals surface area contributed by atoms with E-state index in [1.807, 2.05) is 0 Å². The number of halogens is 30. The molecule has 0 radical (unpaired) electrons. The van der Waals surface area contributed by atoms with Crippen LogP contribution in [0.3, 0.4) is 0 Å². The summed E-state index contributed by atoms with van der Waals surface area (Å²) in [4.78, 5) is -0.556. The van der Waals surface area contributed by atoms with Gasteiger partial charge in [0.15, 0.2) is 0 Å². The van der Waals surface area contributed by atoms with Gasteiger partial charge in [-0.25, -0.2) is 0 Å². The smallest absolute Gasteiger partial charge is 0.303 e. The minimum Gasteiger partial charge on any atom is -0.303 e. The molecule has 0 saturated heterocycles. The molecule has 0 N–H and O–H groups in total. The van der Waals surface area contributed by atoms with E-state index in [1.54, 1.807) is 0 Å². The molecule has 0 aromatic heterocycles. The third kappa shape index (κ3) is 7.01. The van der Waals surface area contributed by atoms with Crippen LogP contribution in [0.5, 0.6) is 0 Å². The van der Waals surface area contributed by atoms with Crippen LogP contribution in [0.4, 0.5) is 132 Å². The molecule has 0 heterocycles. The van der Waals surface area contributed by atoms with Crippen LogP contribution in [0.15, 0.2) is 0 Å². The van der Waals surface area contributed by atoms with Crippen LogP contribution < -0.4 is 0 Å². The molecule has 0 aliphatic carbocycles. The maximum Gasteiger partial charge on any atom is 0.460 e. The predicted molar refractivity (Wildman–Crippen MR) is 103 cm³/mol. The van der Waals surface area contributed by atoms with Crippen LogP contribution in [0.1, 0.15) is 19.8 Å². The van der Waals surface area contributed by atoms with Crippen molar-refractivity contribution >= 4 is 0 Å². The zero-order chi connectivity index (χ0) is 42.1. The quantitative estimate of drug-likeness (QED) is 0.132. The average molecular weight is 837 g/mol. The SMILES string of the molecule is CCN(CCC(F)(F)C(F)(F)C(F)(F)C(F)(F)C(F)(F)C(F)(F)C(F)(F)F)CCC(F)(F)C(F)(F)C(F)(F)C(F)(F)C(F)(F)C(F)(F)C(F)(F)F. The van der Waals surface area contributed by atoms with Crippen LogP contribution in [0, 0.1) is 0 Å². The lowest BCUT2D eigenvalue weighted by Crippen LogP contribution is -2.72. The van der Waals surface area contributed by atoms with Gasteiger partial charge in [-0.1, -0.05) is 6.92 Å². The third-order valence-corrected chi connectivity index (χ3v) is 6.72. The molecule has 0 fully saturated rings. The Kier molecular flexibility index (Phi) is 12.5. The number of rotatable bonds is 17. The monoisotopic (exact) mass is 837 g/mol. The lowest BCUT2D eigenvalue weighted by Gasteiger charge is -2.42. The highest BCUT2D eigenvalue weighted by Gasteiger charge is 2.94. The van der Waals surface area contributed by atoms with Gasteiger partial charge in [0.25, 0.3) is 0 Å². The molecule has 0 aromatic rings. The Hall–Kier alpha value is -2.14. The Balaban J connectivity index is 6.41. The van der Waals surface area contributed by atoms with Crippen LogP contribution in [-0.4, -0.2) is 108 Å². The van der Waals surface area contributed by atoms with Crippen LogP contribution in [-0.2, 0) is 0 Å². The molecule has 0 aliphatic heterocycles. The Morgan fingerprint density at radius 3 is 0.627 bits per heavy atom. The zero-order valence-electron chi connectivity index (χ0n) is 23.3. The molecule has 0 saturated carbocycles. The van der Waals surface area contributed by atoms with Crippen LogP contribution in [0.2, 0.25) is 0 Å². The maximum atomic E-state index is 14.0. The fourth-order valence-electron chi connectivity index (χ4n) is 3.34. The second-order valence-corrected chi connectivity index (χ2v) is 10.1. The minimum absolute atomic E-state index is 0.400. The normalized spacial score (nSPS) is 16.7. The molecular weight excluding hydrogens is 824 g/mol. The average Bonchev–Trinajstić information content (AvgIpc) is 2.90. The van der Waals surface area contributed by atoms with E-state index in [1.165, 1.54) is 0 Å². The standard InChI is InChI=1S/C20H13F30N/c1-2-51(5-3-7(21,22)9(25,26)11(29,30)13(33,34)15(37,38)17(41,42)19(45,46)47)6-4-8(23,24)10(27,28)12(31,32)14(35,36)16(39,40)18(43,44)20(48,49)50/h2-6H2,1H3. The van der Waals surface area contributed by atoms with Crippen LogP contribution in [0.25, 0.3) is 0 Å². The van der Waals surface area contributed by atoms with Crippen LogP contribution >= 0.6 is 0 Å². The summed E-state index contributed by atoms with van der Waals surface area (Å²) < 4.78 is 397. The third-order valence-electron chi connectivity index (χ3n) is 6.72. The fraction of sp³-hybridized carbons (Fsp3) is 1.00. The van der Waals surface area contributed by atoms with Gasteiger partial charge in [-0.05, 0) is 6.54 Å². The van der Waals surface area contributed by atoms with Crippen molar-refractivity contribution in [2.75, 3.05) is 19.6 Å². The van der Waals surface area contributed by atoms with Gasteiger partial charge >= 0.3 is 83.4 Å². The Labute approximate surface area is 260 Å². The van der Waals surface area contributed by atoms with Crippen molar-refractivity contribution in [3.05, 3.63) is 0 Å². The lowest BCUT2D eigenvalue weighted by molar-refractivity contribution is -0.452. The molecule has 0 atom stereocenters. The maximum absolute atomic E-state index is 14.0. The molecule has 51 heavy (non-hydrogen) atoms. The molecule has 308 valence electrons. The first-order valence-electron chi connectivity index (χ1n) is 12.0. The van der Waals surface area contributed by atoms with Crippen molar-refractivity contribution in [3.8, 4) is 0 Å². The van der Waals surface area contributed by atoms with Crippen molar-refractivity contribution in [2.24, 2.45) is 0 Å². The number of nitrogens with zero attached hydrogens (tertiary/aromatic N) is 1. The molecule has 0 bridgehead atoms. The van der Waals surface area contributed by atoms with Crippen molar-refractivity contribution < 1.29 is 132 Å². The highest BCUT2D eigenvalue weighted by atomic mass is 19.4. The van der Waals surface area contributed by atoms with E-state index in [0.29, 0.717) is 6.92 Å². The lowest BCUT2D eigenvalue weighted by atomic mass is 9.89. The molecular formula is C20H13F30N. The number of alkyl halides is 30. The minimum atomic E-state index is -8.75. The molecule has 0 aliphatic rings. The van der Waals surface area contributed by atoms with E-state index >= 15 is 0 Å². The van der Waals surface area contributed by atoms with Gasteiger partial charge in [-0.15, -0.1) is 0 Å². The van der Waals surface area contributed by atoms with Crippen molar-refractivity contribution in [1.82, 2.24) is 4.90 Å². The molecule has 0 amide bonds. The van der Waals surface area contributed by atoms with Crippen molar-refractivity contribution in [3.63, 3.8) is 0 Å². The van der Waals surface area contributed by atoms with Gasteiger partial charge in [-0.2, -0.15) is 132 Å². The Bertz CT molecular complexity index is 1100. The van der Waals surface area contributed by atoms with Gasteiger partial charge in [0.1, 0.15) is 0 Å². The van der Waals surface area contributed by atoms with Gasteiger partial charge < -0.3 is 4.90 Å². The van der Waals surface area contributed by atoms with Gasteiger partial charge in [0, 0.05) is 25.9 Å². The van der Waals surface area contributed by atoms with Gasteiger partial charge in [0.05, 0.1) is 0 Å². The summed E-state index contributed by atoms with van der Waals surface area (Å²) in [5.74, 6) is -99.2. The molecule has 0 rings (SSSR count). The van der Waals surface area contributed by atoms with E-state index in [0.717, 1.165) is 0 Å². The predicted octanol–water partition coefficient (Wildman–Crippen LogP) is 10.8.